The normalized spacial score (nSPS) is 19.2. The topological polar surface area (TPSA) is 97.4 Å². The summed E-state index contributed by atoms with van der Waals surface area (Å²) in [7, 11) is 0. The summed E-state index contributed by atoms with van der Waals surface area (Å²) in [4.78, 5) is 43.6. The monoisotopic (exact) mass is 453 g/mol. The Morgan fingerprint density at radius 3 is 2.44 bits per heavy atom. The van der Waals surface area contributed by atoms with Gasteiger partial charge in [0.05, 0.1) is 17.8 Å². The minimum Gasteiger partial charge on any atom is -0.347 e. The first kappa shape index (κ1) is 22.4. The number of benzene rings is 2. The van der Waals surface area contributed by atoms with Crippen molar-refractivity contribution in [3.8, 4) is 11.1 Å². The summed E-state index contributed by atoms with van der Waals surface area (Å²) >= 11 is 1.68. The van der Waals surface area contributed by atoms with Gasteiger partial charge in [-0.2, -0.15) is 0 Å². The molecule has 4 N–H and O–H groups in total. The molecular weight excluding hydrogens is 424 g/mol. The quantitative estimate of drug-likeness (QED) is 0.692. The maximum atomic E-state index is 13.4. The summed E-state index contributed by atoms with van der Waals surface area (Å²) in [6, 6.07) is 12.6. The van der Waals surface area contributed by atoms with Gasteiger partial charge in [-0.15, -0.1) is 11.8 Å². The van der Waals surface area contributed by atoms with E-state index in [1.54, 1.807) is 27.6 Å². The molecule has 0 aliphatic carbocycles. The number of nitrogens with zero attached hydrogens (tertiary/aromatic N) is 2. The molecule has 0 unspecified atom stereocenters. The van der Waals surface area contributed by atoms with Crippen molar-refractivity contribution in [2.24, 2.45) is 5.92 Å². The van der Waals surface area contributed by atoms with E-state index in [0.29, 0.717) is 24.3 Å². The summed E-state index contributed by atoms with van der Waals surface area (Å²) < 4.78 is 0. The summed E-state index contributed by atoms with van der Waals surface area (Å²) in [5.41, 5.74) is 6.89. The Labute approximate surface area is 192 Å². The molecule has 4 rings (SSSR count). The Kier molecular flexibility index (Phi) is 6.26. The van der Waals surface area contributed by atoms with Gasteiger partial charge in [-0.3, -0.25) is 14.4 Å². The maximum Gasteiger partial charge on any atom is 0.281 e. The maximum absolute atomic E-state index is 13.4. The third kappa shape index (κ3) is 4.12. The highest BCUT2D eigenvalue weighted by molar-refractivity contribution is 7.98. The van der Waals surface area contributed by atoms with Gasteiger partial charge in [0.2, 0.25) is 5.91 Å². The minimum absolute atomic E-state index is 0.0716. The lowest BCUT2D eigenvalue weighted by atomic mass is 10.0. The number of rotatable bonds is 4. The van der Waals surface area contributed by atoms with E-state index in [-0.39, 0.29) is 36.2 Å². The molecule has 0 bridgehead atoms. The van der Waals surface area contributed by atoms with Crippen LogP contribution in [0.5, 0.6) is 0 Å². The van der Waals surface area contributed by atoms with Gasteiger partial charge in [-0.1, -0.05) is 32.0 Å². The molecule has 0 radical (unpaired) electrons. The average Bonchev–Trinajstić information content (AvgIpc) is 2.92. The minimum atomic E-state index is -0.712. The van der Waals surface area contributed by atoms with Crippen LogP contribution in [0.1, 0.15) is 24.2 Å². The van der Waals surface area contributed by atoms with E-state index < -0.39 is 6.04 Å². The van der Waals surface area contributed by atoms with E-state index in [9.17, 15) is 14.4 Å². The number of carbonyl (C=O) groups excluding carboxylic acids is 3. The van der Waals surface area contributed by atoms with Crippen molar-refractivity contribution >= 4 is 35.2 Å². The zero-order valence-corrected chi connectivity index (χ0v) is 19.4. The van der Waals surface area contributed by atoms with Gasteiger partial charge in [0, 0.05) is 23.9 Å². The van der Waals surface area contributed by atoms with Crippen LogP contribution in [-0.2, 0) is 9.59 Å². The van der Waals surface area contributed by atoms with E-state index in [1.807, 2.05) is 44.4 Å². The van der Waals surface area contributed by atoms with Crippen molar-refractivity contribution in [1.29, 1.82) is 0 Å². The Hall–Kier alpha value is -2.84. The van der Waals surface area contributed by atoms with Crippen LogP contribution in [0.15, 0.2) is 47.4 Å². The molecule has 1 saturated heterocycles. The molecule has 2 aromatic carbocycles. The Balaban J connectivity index is 1.61. The molecule has 168 valence electrons. The highest BCUT2D eigenvalue weighted by Crippen LogP contribution is 2.31. The van der Waals surface area contributed by atoms with Crippen LogP contribution >= 0.6 is 11.8 Å². The SMILES string of the molecule is CSc1ccc(-c2ccc3c(c2)C(=O)N2CCN(C(=O)[C@@H]([NH3+])C(C)C)C[C@H]2C(=O)N3)cc1. The standard InChI is InChI=1S/C24H28N4O3S/c1-14(2)21(25)24(31)27-10-11-28-20(13-27)22(29)26-19-9-6-16(12-18(19)23(28)30)15-4-7-17(32-3)8-5-15/h4-9,12,14,20-21H,10-11,13,25H2,1-3H3,(H,26,29)/p+1/t20-,21-/m0/s1. The molecule has 2 aromatic rings. The number of amides is 3. The number of quaternary nitrogens is 1. The second-order valence-electron chi connectivity index (χ2n) is 8.63. The van der Waals surface area contributed by atoms with Gasteiger partial charge in [-0.25, -0.2) is 0 Å². The number of fused-ring (bicyclic) bond motifs is 2. The summed E-state index contributed by atoms with van der Waals surface area (Å²) in [6.07, 6.45) is 2.03. The van der Waals surface area contributed by atoms with Crippen LogP contribution in [0, 0.1) is 5.92 Å². The van der Waals surface area contributed by atoms with E-state index in [0.717, 1.165) is 11.1 Å². The average molecular weight is 454 g/mol. The zero-order chi connectivity index (χ0) is 23.0. The van der Waals surface area contributed by atoms with Crippen molar-refractivity contribution in [3.63, 3.8) is 0 Å². The van der Waals surface area contributed by atoms with E-state index in [2.05, 4.69) is 23.2 Å². The van der Waals surface area contributed by atoms with Crippen LogP contribution < -0.4 is 11.1 Å². The first-order chi connectivity index (χ1) is 15.3. The van der Waals surface area contributed by atoms with E-state index >= 15 is 0 Å². The van der Waals surface area contributed by atoms with Crippen molar-refractivity contribution in [1.82, 2.24) is 9.80 Å². The molecule has 0 spiro atoms. The van der Waals surface area contributed by atoms with Crippen LogP contribution in [-0.4, -0.2) is 65.5 Å². The molecule has 1 fully saturated rings. The number of hydrogen-bond donors (Lipinski definition) is 2. The van der Waals surface area contributed by atoms with Gasteiger partial charge in [0.15, 0.2) is 6.04 Å². The number of carbonyl (C=O) groups is 3. The molecule has 8 heteroatoms. The zero-order valence-electron chi connectivity index (χ0n) is 18.6. The summed E-state index contributed by atoms with van der Waals surface area (Å²) in [6.45, 7) is 4.82. The van der Waals surface area contributed by atoms with Crippen molar-refractivity contribution in [3.05, 3.63) is 48.0 Å². The number of nitrogens with one attached hydrogen (secondary N) is 1. The predicted molar refractivity (Wildman–Crippen MR) is 125 cm³/mol. The molecule has 2 aliphatic rings. The third-order valence-electron chi connectivity index (χ3n) is 6.31. The van der Waals surface area contributed by atoms with Crippen molar-refractivity contribution in [2.75, 3.05) is 31.2 Å². The second-order valence-corrected chi connectivity index (χ2v) is 9.51. The number of thioether (sulfide) groups is 1. The van der Waals surface area contributed by atoms with Crippen LogP contribution in [0.2, 0.25) is 0 Å². The number of piperazine rings is 1. The Morgan fingerprint density at radius 1 is 1.09 bits per heavy atom. The number of hydrogen-bond acceptors (Lipinski definition) is 4. The highest BCUT2D eigenvalue weighted by atomic mass is 32.2. The highest BCUT2D eigenvalue weighted by Gasteiger charge is 2.42. The fraction of sp³-hybridized carbons (Fsp3) is 0.375. The first-order valence-corrected chi connectivity index (χ1v) is 12.0. The van der Waals surface area contributed by atoms with Crippen molar-refractivity contribution in [2.45, 2.75) is 30.8 Å². The van der Waals surface area contributed by atoms with Crippen LogP contribution in [0.4, 0.5) is 5.69 Å². The summed E-state index contributed by atoms with van der Waals surface area (Å²) in [5, 5.41) is 2.90. The van der Waals surface area contributed by atoms with Gasteiger partial charge in [0.25, 0.3) is 11.8 Å². The molecule has 2 heterocycles. The van der Waals surface area contributed by atoms with Crippen LogP contribution in [0.3, 0.4) is 0 Å². The fourth-order valence-electron chi connectivity index (χ4n) is 4.13. The van der Waals surface area contributed by atoms with E-state index in [1.165, 1.54) is 4.90 Å². The fourth-order valence-corrected chi connectivity index (χ4v) is 4.54. The van der Waals surface area contributed by atoms with Gasteiger partial charge in [-0.05, 0) is 41.6 Å². The Morgan fingerprint density at radius 2 is 1.78 bits per heavy atom. The lowest BCUT2D eigenvalue weighted by Gasteiger charge is -2.39. The van der Waals surface area contributed by atoms with Crippen LogP contribution in [0.25, 0.3) is 11.1 Å². The molecule has 2 atom stereocenters. The second kappa shape index (κ2) is 8.96. The van der Waals surface area contributed by atoms with Gasteiger partial charge < -0.3 is 20.9 Å². The number of anilines is 1. The third-order valence-corrected chi connectivity index (χ3v) is 7.05. The lowest BCUT2D eigenvalue weighted by molar-refractivity contribution is -0.416. The molecule has 3 amide bonds. The first-order valence-electron chi connectivity index (χ1n) is 10.8. The summed E-state index contributed by atoms with van der Waals surface area (Å²) in [5.74, 6) is -0.416. The van der Waals surface area contributed by atoms with Gasteiger partial charge in [0.1, 0.15) is 6.04 Å². The van der Waals surface area contributed by atoms with Crippen molar-refractivity contribution < 1.29 is 20.1 Å². The molecule has 0 saturated carbocycles. The lowest BCUT2D eigenvalue weighted by Crippen LogP contribution is -2.72. The molecule has 32 heavy (non-hydrogen) atoms. The molecule has 0 aromatic heterocycles. The molecular formula is C24H29N4O3S+. The van der Waals surface area contributed by atoms with Gasteiger partial charge >= 0.3 is 0 Å². The molecule has 7 nitrogen and oxygen atoms in total. The Bertz CT molecular complexity index is 1050. The largest absolute Gasteiger partial charge is 0.347 e. The predicted octanol–water partition coefficient (Wildman–Crippen LogP) is 1.95. The smallest absolute Gasteiger partial charge is 0.281 e. The molecule has 2 aliphatic heterocycles. The van der Waals surface area contributed by atoms with E-state index in [4.69, 9.17) is 0 Å².